The first kappa shape index (κ1) is 18.9. The van der Waals surface area contributed by atoms with Crippen LogP contribution in [0.25, 0.3) is 0 Å². The van der Waals surface area contributed by atoms with Gasteiger partial charge in [-0.25, -0.2) is 4.79 Å². The van der Waals surface area contributed by atoms with Crippen molar-refractivity contribution in [1.82, 2.24) is 0 Å². The lowest BCUT2D eigenvalue weighted by Gasteiger charge is -2.24. The Morgan fingerprint density at radius 1 is 1.22 bits per heavy atom. The fourth-order valence-electron chi connectivity index (χ4n) is 2.52. The van der Waals surface area contributed by atoms with Crippen LogP contribution in [0.1, 0.15) is 45.1 Å². The van der Waals surface area contributed by atoms with E-state index >= 15 is 0 Å². The highest BCUT2D eigenvalue weighted by molar-refractivity contribution is 5.93. The van der Waals surface area contributed by atoms with Gasteiger partial charge in [-0.1, -0.05) is 44.2 Å². The number of carbonyl (C=O) groups is 1. The van der Waals surface area contributed by atoms with Crippen molar-refractivity contribution < 1.29 is 14.3 Å². The van der Waals surface area contributed by atoms with Crippen LogP contribution < -0.4 is 0 Å². The Bertz CT molecular complexity index is 548. The Balaban J connectivity index is 0.00000127. The van der Waals surface area contributed by atoms with Crippen molar-refractivity contribution in [1.29, 1.82) is 5.26 Å². The second kappa shape index (κ2) is 10.6. The molecule has 1 aliphatic carbocycles. The van der Waals surface area contributed by atoms with E-state index in [9.17, 15) is 4.79 Å². The van der Waals surface area contributed by atoms with Crippen molar-refractivity contribution in [2.45, 2.75) is 52.2 Å². The van der Waals surface area contributed by atoms with E-state index < -0.39 is 5.97 Å². The van der Waals surface area contributed by atoms with E-state index in [-0.39, 0.29) is 11.7 Å². The number of methoxy groups -OCH3 is 1. The van der Waals surface area contributed by atoms with Gasteiger partial charge in [-0.15, -0.1) is 0 Å². The quantitative estimate of drug-likeness (QED) is 0.475. The summed E-state index contributed by atoms with van der Waals surface area (Å²) >= 11 is 0. The second-order valence-corrected chi connectivity index (χ2v) is 5.08. The second-order valence-electron chi connectivity index (χ2n) is 5.08. The summed E-state index contributed by atoms with van der Waals surface area (Å²) in [5.41, 5.74) is 2.22. The third-order valence-corrected chi connectivity index (χ3v) is 3.72. The summed E-state index contributed by atoms with van der Waals surface area (Å²) in [5.74, 6) is -0.531. The van der Waals surface area contributed by atoms with Crippen LogP contribution in [0.5, 0.6) is 0 Å². The van der Waals surface area contributed by atoms with Gasteiger partial charge in [0, 0.05) is 0 Å². The maximum atomic E-state index is 11.5. The van der Waals surface area contributed by atoms with Crippen molar-refractivity contribution in [2.75, 3.05) is 7.11 Å². The fraction of sp³-hybridized carbons (Fsp3) is 0.474. The normalized spacial score (nSPS) is 16.6. The highest BCUT2D eigenvalue weighted by Gasteiger charge is 2.23. The zero-order valence-electron chi connectivity index (χ0n) is 14.2. The highest BCUT2D eigenvalue weighted by Crippen LogP contribution is 2.28. The Labute approximate surface area is 138 Å². The zero-order chi connectivity index (χ0) is 17.1. The molecule has 0 amide bonds. The molecule has 2 rings (SSSR count). The number of allylic oxidation sites excluding steroid dienone is 1. The van der Waals surface area contributed by atoms with Gasteiger partial charge in [0.05, 0.1) is 19.8 Å². The van der Waals surface area contributed by atoms with E-state index in [1.54, 1.807) is 0 Å². The van der Waals surface area contributed by atoms with Crippen molar-refractivity contribution in [3.05, 3.63) is 47.0 Å². The van der Waals surface area contributed by atoms with Gasteiger partial charge in [-0.3, -0.25) is 0 Å². The van der Waals surface area contributed by atoms with Crippen LogP contribution in [-0.4, -0.2) is 19.2 Å². The van der Waals surface area contributed by atoms with Gasteiger partial charge >= 0.3 is 5.97 Å². The maximum absolute atomic E-state index is 11.5. The number of hydrogen-bond donors (Lipinski definition) is 0. The topological polar surface area (TPSA) is 59.3 Å². The molecular formula is C19H25NO3. The predicted molar refractivity (Wildman–Crippen MR) is 89.5 cm³/mol. The third-order valence-electron chi connectivity index (χ3n) is 3.72. The summed E-state index contributed by atoms with van der Waals surface area (Å²) in [6.07, 6.45) is 3.30. The molecule has 0 atom stereocenters. The molecule has 0 bridgehead atoms. The predicted octanol–water partition coefficient (Wildman–Crippen LogP) is 4.17. The van der Waals surface area contributed by atoms with Crippen molar-refractivity contribution >= 4 is 5.97 Å². The summed E-state index contributed by atoms with van der Waals surface area (Å²) in [4.78, 5) is 11.5. The molecular weight excluding hydrogens is 290 g/mol. The van der Waals surface area contributed by atoms with Crippen molar-refractivity contribution in [2.24, 2.45) is 0 Å². The van der Waals surface area contributed by atoms with Gasteiger partial charge in [-0.2, -0.15) is 5.26 Å². The lowest BCUT2D eigenvalue weighted by Crippen LogP contribution is -2.19. The summed E-state index contributed by atoms with van der Waals surface area (Å²) in [7, 11) is 1.30. The molecule has 1 aliphatic rings. The molecule has 0 aromatic heterocycles. The van der Waals surface area contributed by atoms with Crippen LogP contribution in [0, 0.1) is 11.3 Å². The van der Waals surface area contributed by atoms with Crippen LogP contribution in [-0.2, 0) is 20.9 Å². The van der Waals surface area contributed by atoms with Crippen molar-refractivity contribution in [3.8, 4) is 6.07 Å². The van der Waals surface area contributed by atoms with E-state index in [2.05, 4.69) is 4.74 Å². The first-order chi connectivity index (χ1) is 11.2. The van der Waals surface area contributed by atoms with E-state index in [1.807, 2.05) is 50.2 Å². The maximum Gasteiger partial charge on any atom is 0.348 e. The highest BCUT2D eigenvalue weighted by atomic mass is 16.5. The summed E-state index contributed by atoms with van der Waals surface area (Å²) < 4.78 is 10.5. The molecule has 23 heavy (non-hydrogen) atoms. The number of esters is 1. The van der Waals surface area contributed by atoms with E-state index in [4.69, 9.17) is 10.00 Å². The monoisotopic (exact) mass is 315 g/mol. The molecule has 1 aromatic rings. The number of ether oxygens (including phenoxy) is 2. The molecule has 0 unspecified atom stereocenters. The smallest absolute Gasteiger partial charge is 0.348 e. The molecule has 124 valence electrons. The standard InChI is InChI=1S/C17H19NO3.C2H6/c1-20-17(19)16(11-18)14-7-9-15(10-8-14)21-12-13-5-3-2-4-6-13;1-2/h2-6,15H,7-10,12H2,1H3;1-2H3. The van der Waals surface area contributed by atoms with Gasteiger partial charge in [0.15, 0.2) is 0 Å². The average Bonchev–Trinajstić information content (AvgIpc) is 2.64. The van der Waals surface area contributed by atoms with Gasteiger partial charge in [-0.05, 0) is 36.8 Å². The number of nitriles is 1. The minimum atomic E-state index is -0.531. The van der Waals surface area contributed by atoms with Crippen LogP contribution >= 0.6 is 0 Å². The molecule has 0 heterocycles. The van der Waals surface area contributed by atoms with Crippen molar-refractivity contribution in [3.63, 3.8) is 0 Å². The molecule has 4 nitrogen and oxygen atoms in total. The first-order valence-electron chi connectivity index (χ1n) is 8.10. The van der Waals surface area contributed by atoms with Crippen LogP contribution in [0.3, 0.4) is 0 Å². The number of carbonyl (C=O) groups excluding carboxylic acids is 1. The van der Waals surface area contributed by atoms with Crippen LogP contribution in [0.4, 0.5) is 0 Å². The summed E-state index contributed by atoms with van der Waals surface area (Å²) in [6.45, 7) is 4.60. The van der Waals surface area contributed by atoms with Crippen LogP contribution in [0.2, 0.25) is 0 Å². The van der Waals surface area contributed by atoms with E-state index in [0.717, 1.165) is 36.8 Å². The van der Waals surface area contributed by atoms with E-state index in [0.29, 0.717) is 6.61 Å². The number of rotatable bonds is 4. The molecule has 1 saturated carbocycles. The molecule has 0 spiro atoms. The summed E-state index contributed by atoms with van der Waals surface area (Å²) in [5, 5.41) is 9.06. The van der Waals surface area contributed by atoms with Gasteiger partial charge in [0.25, 0.3) is 0 Å². The first-order valence-corrected chi connectivity index (χ1v) is 8.10. The molecule has 4 heteroatoms. The Hall–Kier alpha value is -2.12. The summed E-state index contributed by atoms with van der Waals surface area (Å²) in [6, 6.07) is 12.0. The Morgan fingerprint density at radius 2 is 1.83 bits per heavy atom. The molecule has 0 radical (unpaired) electrons. The average molecular weight is 315 g/mol. The largest absolute Gasteiger partial charge is 0.465 e. The molecule has 1 fully saturated rings. The number of benzene rings is 1. The van der Waals surface area contributed by atoms with Crippen LogP contribution in [0.15, 0.2) is 41.5 Å². The van der Waals surface area contributed by atoms with E-state index in [1.165, 1.54) is 7.11 Å². The Morgan fingerprint density at radius 3 is 2.35 bits per heavy atom. The molecule has 0 N–H and O–H groups in total. The molecule has 0 saturated heterocycles. The van der Waals surface area contributed by atoms with Gasteiger partial charge < -0.3 is 9.47 Å². The fourth-order valence-corrected chi connectivity index (χ4v) is 2.52. The Kier molecular flexibility index (Phi) is 8.71. The SMILES string of the molecule is CC.COC(=O)C(C#N)=C1CCC(OCc2ccccc2)CC1. The molecule has 0 aliphatic heterocycles. The third kappa shape index (κ3) is 5.88. The number of nitrogens with zero attached hydrogens (tertiary/aromatic N) is 1. The zero-order valence-corrected chi connectivity index (χ0v) is 14.2. The lowest BCUT2D eigenvalue weighted by atomic mass is 9.89. The minimum Gasteiger partial charge on any atom is -0.465 e. The lowest BCUT2D eigenvalue weighted by molar-refractivity contribution is -0.135. The minimum absolute atomic E-state index is 0.166. The van der Waals surface area contributed by atoms with Gasteiger partial charge in [0.2, 0.25) is 0 Å². The number of hydrogen-bond acceptors (Lipinski definition) is 4. The molecule has 1 aromatic carbocycles. The van der Waals surface area contributed by atoms with Gasteiger partial charge in [0.1, 0.15) is 11.6 Å².